The minimum atomic E-state index is 0.168. The number of nitrogens with two attached hydrogens (primary N) is 1. The van der Waals surface area contributed by atoms with Gasteiger partial charge in [0.05, 0.1) is 0 Å². The largest absolute Gasteiger partial charge is 0.330 e. The van der Waals surface area contributed by atoms with Gasteiger partial charge in [-0.1, -0.05) is 44.9 Å². The van der Waals surface area contributed by atoms with Crippen molar-refractivity contribution in [3.05, 3.63) is 0 Å². The molecular weight excluding hydrogens is 222 g/mol. The van der Waals surface area contributed by atoms with Gasteiger partial charge in [-0.2, -0.15) is 0 Å². The van der Waals surface area contributed by atoms with Crippen LogP contribution in [0.4, 0.5) is 0 Å². The lowest BCUT2D eigenvalue weighted by atomic mass is 9.69. The summed E-state index contributed by atoms with van der Waals surface area (Å²) in [6, 6.07) is 0. The van der Waals surface area contributed by atoms with Crippen molar-refractivity contribution >= 4 is 5.78 Å². The predicted octanol–water partition coefficient (Wildman–Crippen LogP) is 3.83. The molecule has 104 valence electrons. The van der Waals surface area contributed by atoms with Crippen LogP contribution in [0.5, 0.6) is 0 Å². The van der Waals surface area contributed by atoms with Gasteiger partial charge in [0.2, 0.25) is 0 Å². The smallest absolute Gasteiger partial charge is 0.136 e. The normalized spacial score (nSPS) is 25.6. The second kappa shape index (κ2) is 6.70. The van der Waals surface area contributed by atoms with E-state index < -0.39 is 0 Å². The Morgan fingerprint density at radius 1 is 0.944 bits per heavy atom. The van der Waals surface area contributed by atoms with E-state index in [1.54, 1.807) is 0 Å². The average Bonchev–Trinajstić information content (AvgIpc) is 2.68. The lowest BCUT2D eigenvalue weighted by Crippen LogP contribution is -2.36. The SMILES string of the molecule is NCC1(CC(=O)C2CCCCCC2)CCCCC1. The van der Waals surface area contributed by atoms with E-state index in [0.717, 1.165) is 19.3 Å². The molecule has 0 aromatic heterocycles. The number of carbonyl (C=O) groups is 1. The highest BCUT2D eigenvalue weighted by molar-refractivity contribution is 5.81. The molecule has 2 rings (SSSR count). The molecule has 0 amide bonds. The van der Waals surface area contributed by atoms with Crippen molar-refractivity contribution < 1.29 is 4.79 Å². The number of carbonyl (C=O) groups excluding carboxylic acids is 1. The molecule has 0 saturated heterocycles. The summed E-state index contributed by atoms with van der Waals surface area (Å²) < 4.78 is 0. The third-order valence-corrected chi connectivity index (χ3v) is 5.21. The van der Waals surface area contributed by atoms with Crippen LogP contribution in [0.1, 0.15) is 77.0 Å². The number of Topliss-reactive ketones (excluding diaryl/α,β-unsaturated/α-hetero) is 1. The van der Waals surface area contributed by atoms with Crippen LogP contribution in [0.15, 0.2) is 0 Å². The molecule has 2 heteroatoms. The minimum Gasteiger partial charge on any atom is -0.330 e. The van der Waals surface area contributed by atoms with E-state index >= 15 is 0 Å². The molecule has 2 aliphatic carbocycles. The monoisotopic (exact) mass is 251 g/mol. The van der Waals surface area contributed by atoms with Crippen LogP contribution in [0, 0.1) is 11.3 Å². The molecule has 2 nitrogen and oxygen atoms in total. The number of ketones is 1. The van der Waals surface area contributed by atoms with E-state index in [-0.39, 0.29) is 5.41 Å². The van der Waals surface area contributed by atoms with Crippen LogP contribution in [0.2, 0.25) is 0 Å². The summed E-state index contributed by atoms with van der Waals surface area (Å²) >= 11 is 0. The molecule has 0 radical (unpaired) electrons. The fourth-order valence-corrected chi connectivity index (χ4v) is 3.87. The molecule has 0 aromatic carbocycles. The zero-order valence-corrected chi connectivity index (χ0v) is 11.8. The van der Waals surface area contributed by atoms with Crippen LogP contribution in [-0.4, -0.2) is 12.3 Å². The first-order chi connectivity index (χ1) is 8.76. The Kier molecular flexibility index (Phi) is 5.23. The highest BCUT2D eigenvalue weighted by atomic mass is 16.1. The van der Waals surface area contributed by atoms with Crippen molar-refractivity contribution in [3.63, 3.8) is 0 Å². The van der Waals surface area contributed by atoms with Gasteiger partial charge in [0, 0.05) is 12.3 Å². The van der Waals surface area contributed by atoms with E-state index in [1.165, 1.54) is 57.8 Å². The van der Waals surface area contributed by atoms with E-state index in [4.69, 9.17) is 5.73 Å². The molecule has 0 aromatic rings. The minimum absolute atomic E-state index is 0.168. The van der Waals surface area contributed by atoms with E-state index in [1.807, 2.05) is 0 Å². The summed E-state index contributed by atoms with van der Waals surface area (Å²) in [7, 11) is 0. The van der Waals surface area contributed by atoms with Crippen LogP contribution >= 0.6 is 0 Å². The molecular formula is C16H29NO. The molecule has 0 spiro atoms. The maximum absolute atomic E-state index is 12.5. The van der Waals surface area contributed by atoms with Crippen molar-refractivity contribution in [2.24, 2.45) is 17.1 Å². The van der Waals surface area contributed by atoms with Gasteiger partial charge in [-0.25, -0.2) is 0 Å². The van der Waals surface area contributed by atoms with Crippen LogP contribution in [0.3, 0.4) is 0 Å². The van der Waals surface area contributed by atoms with Gasteiger partial charge in [0.15, 0.2) is 0 Å². The maximum Gasteiger partial charge on any atom is 0.136 e. The summed E-state index contributed by atoms with van der Waals surface area (Å²) in [5.74, 6) is 0.891. The molecule has 2 aliphatic rings. The Bertz CT molecular complexity index is 260. The Morgan fingerprint density at radius 3 is 2.06 bits per heavy atom. The van der Waals surface area contributed by atoms with Crippen molar-refractivity contribution in [2.75, 3.05) is 6.54 Å². The van der Waals surface area contributed by atoms with Crippen molar-refractivity contribution in [1.29, 1.82) is 0 Å². The molecule has 2 saturated carbocycles. The van der Waals surface area contributed by atoms with Crippen molar-refractivity contribution in [2.45, 2.75) is 77.0 Å². The summed E-state index contributed by atoms with van der Waals surface area (Å²) in [4.78, 5) is 12.5. The fraction of sp³-hybridized carbons (Fsp3) is 0.938. The molecule has 0 aliphatic heterocycles. The van der Waals surface area contributed by atoms with E-state index in [2.05, 4.69) is 0 Å². The second-order valence-corrected chi connectivity index (χ2v) is 6.60. The molecule has 2 fully saturated rings. The molecule has 0 bridgehead atoms. The van der Waals surface area contributed by atoms with Gasteiger partial charge in [0.25, 0.3) is 0 Å². The number of hydrogen-bond acceptors (Lipinski definition) is 2. The molecule has 0 unspecified atom stereocenters. The quantitative estimate of drug-likeness (QED) is 0.772. The van der Waals surface area contributed by atoms with E-state index in [9.17, 15) is 4.79 Å². The predicted molar refractivity (Wildman–Crippen MR) is 75.4 cm³/mol. The topological polar surface area (TPSA) is 43.1 Å². The average molecular weight is 251 g/mol. The molecule has 0 heterocycles. The van der Waals surface area contributed by atoms with E-state index in [0.29, 0.717) is 18.2 Å². The first kappa shape index (κ1) is 14.0. The fourth-order valence-electron chi connectivity index (χ4n) is 3.87. The standard InChI is InChI=1S/C16H29NO/c17-13-16(10-6-3-7-11-16)12-15(18)14-8-4-1-2-5-9-14/h14H,1-13,17H2. The van der Waals surface area contributed by atoms with Gasteiger partial charge in [0.1, 0.15) is 5.78 Å². The van der Waals surface area contributed by atoms with Crippen LogP contribution in [0.25, 0.3) is 0 Å². The maximum atomic E-state index is 12.5. The van der Waals surface area contributed by atoms with Gasteiger partial charge in [-0.15, -0.1) is 0 Å². The van der Waals surface area contributed by atoms with Crippen molar-refractivity contribution in [3.8, 4) is 0 Å². The Morgan fingerprint density at radius 2 is 1.50 bits per heavy atom. The molecule has 0 atom stereocenters. The Hall–Kier alpha value is -0.370. The third kappa shape index (κ3) is 3.57. The highest BCUT2D eigenvalue weighted by Crippen LogP contribution is 2.40. The second-order valence-electron chi connectivity index (χ2n) is 6.60. The van der Waals surface area contributed by atoms with Gasteiger partial charge in [-0.3, -0.25) is 4.79 Å². The molecule has 18 heavy (non-hydrogen) atoms. The van der Waals surface area contributed by atoms with Crippen molar-refractivity contribution in [1.82, 2.24) is 0 Å². The Balaban J connectivity index is 1.91. The number of rotatable bonds is 4. The first-order valence-electron chi connectivity index (χ1n) is 7.99. The summed E-state index contributed by atoms with van der Waals surface area (Å²) in [6.07, 6.45) is 14.5. The summed E-state index contributed by atoms with van der Waals surface area (Å²) in [5.41, 5.74) is 6.16. The van der Waals surface area contributed by atoms with Gasteiger partial charge >= 0.3 is 0 Å². The summed E-state index contributed by atoms with van der Waals surface area (Å²) in [6.45, 7) is 0.714. The van der Waals surface area contributed by atoms with Crippen LogP contribution in [-0.2, 0) is 4.79 Å². The molecule has 2 N–H and O–H groups in total. The Labute approximate surface area is 112 Å². The lowest BCUT2D eigenvalue weighted by Gasteiger charge is -2.36. The lowest BCUT2D eigenvalue weighted by molar-refractivity contribution is -0.126. The first-order valence-corrected chi connectivity index (χ1v) is 7.99. The third-order valence-electron chi connectivity index (χ3n) is 5.21. The van der Waals surface area contributed by atoms with Gasteiger partial charge < -0.3 is 5.73 Å². The zero-order valence-electron chi connectivity index (χ0n) is 11.8. The highest BCUT2D eigenvalue weighted by Gasteiger charge is 2.34. The summed E-state index contributed by atoms with van der Waals surface area (Å²) in [5, 5.41) is 0. The van der Waals surface area contributed by atoms with Crippen LogP contribution < -0.4 is 5.73 Å². The zero-order chi connectivity index (χ0) is 12.8. The number of hydrogen-bond donors (Lipinski definition) is 1. The van der Waals surface area contributed by atoms with Gasteiger partial charge in [-0.05, 0) is 37.6 Å².